The van der Waals surface area contributed by atoms with Crippen LogP contribution in [-0.4, -0.2) is 78.3 Å². The Hall–Kier alpha value is -2.84. The van der Waals surface area contributed by atoms with E-state index in [0.29, 0.717) is 12.0 Å². The summed E-state index contributed by atoms with van der Waals surface area (Å²) in [6.07, 6.45) is 6.06. The number of ether oxygens (including phenoxy) is 1. The van der Waals surface area contributed by atoms with Crippen molar-refractivity contribution in [2.45, 2.75) is 57.7 Å². The van der Waals surface area contributed by atoms with Gasteiger partial charge in [0.2, 0.25) is 5.95 Å². The van der Waals surface area contributed by atoms with E-state index in [2.05, 4.69) is 74.8 Å². The number of aromatic nitrogens is 2. The number of piperazine rings is 1. The van der Waals surface area contributed by atoms with Crippen LogP contribution in [0.3, 0.4) is 0 Å². The molecule has 0 radical (unpaired) electrons. The summed E-state index contributed by atoms with van der Waals surface area (Å²) in [5.41, 5.74) is 10.8. The molecule has 2 aromatic rings. The van der Waals surface area contributed by atoms with E-state index >= 15 is 0 Å². The molecule has 1 aliphatic carbocycles. The Morgan fingerprint density at radius 1 is 1.08 bits per heavy atom. The van der Waals surface area contributed by atoms with Crippen LogP contribution in [0, 0.1) is 0 Å². The van der Waals surface area contributed by atoms with Crippen molar-refractivity contribution in [3.05, 3.63) is 47.8 Å². The molecule has 1 saturated carbocycles. The van der Waals surface area contributed by atoms with Gasteiger partial charge in [0.15, 0.2) is 0 Å². The normalized spacial score (nSPS) is 22.8. The highest BCUT2D eigenvalue weighted by molar-refractivity contribution is 5.66. The highest BCUT2D eigenvalue weighted by Crippen LogP contribution is 2.29. The zero-order chi connectivity index (χ0) is 25.1. The lowest BCUT2D eigenvalue weighted by molar-refractivity contribution is 0.0124. The number of nitrogens with zero attached hydrogens (tertiary/aromatic N) is 5. The molecule has 2 fully saturated rings. The van der Waals surface area contributed by atoms with Crippen molar-refractivity contribution in [1.82, 2.24) is 25.1 Å². The summed E-state index contributed by atoms with van der Waals surface area (Å²) in [4.78, 5) is 16.1. The SMILES string of the molecule is C=C(NC1CCCCC1OCC)N1CCc2ccc(-c3cc(N4CCN(C)CC4)nc(N)n3)cc2C1. The average Bonchev–Trinajstić information content (AvgIpc) is 2.89. The van der Waals surface area contributed by atoms with Crippen molar-refractivity contribution in [2.75, 3.05) is 57.0 Å². The second-order valence-electron chi connectivity index (χ2n) is 10.4. The Morgan fingerprint density at radius 3 is 2.69 bits per heavy atom. The van der Waals surface area contributed by atoms with Gasteiger partial charge in [-0.15, -0.1) is 0 Å². The smallest absolute Gasteiger partial charge is 0.222 e. The second kappa shape index (κ2) is 11.0. The van der Waals surface area contributed by atoms with E-state index in [9.17, 15) is 0 Å². The Morgan fingerprint density at radius 2 is 1.89 bits per heavy atom. The Bertz CT molecular complexity index is 1060. The molecule has 1 saturated heterocycles. The van der Waals surface area contributed by atoms with Gasteiger partial charge < -0.3 is 30.5 Å². The molecular formula is C28H41N7O. The van der Waals surface area contributed by atoms with Crippen molar-refractivity contribution in [3.63, 3.8) is 0 Å². The fourth-order valence-corrected chi connectivity index (χ4v) is 5.73. The molecule has 1 aromatic heterocycles. The maximum Gasteiger partial charge on any atom is 0.222 e. The minimum atomic E-state index is 0.280. The fraction of sp³-hybridized carbons (Fsp3) is 0.571. The molecule has 0 amide bonds. The summed E-state index contributed by atoms with van der Waals surface area (Å²) in [6.45, 7) is 13.0. The molecule has 0 bridgehead atoms. The molecular weight excluding hydrogens is 450 g/mol. The Labute approximate surface area is 215 Å². The molecule has 5 rings (SSSR count). The number of nitrogens with two attached hydrogens (primary N) is 1. The van der Waals surface area contributed by atoms with Crippen LogP contribution < -0.4 is 16.0 Å². The first-order valence-electron chi connectivity index (χ1n) is 13.5. The first-order chi connectivity index (χ1) is 17.5. The second-order valence-corrected chi connectivity index (χ2v) is 10.4. The van der Waals surface area contributed by atoms with E-state index in [1.807, 2.05) is 0 Å². The molecule has 2 atom stereocenters. The maximum atomic E-state index is 6.15. The summed E-state index contributed by atoms with van der Waals surface area (Å²) in [5.74, 6) is 2.25. The van der Waals surface area contributed by atoms with Gasteiger partial charge in [0.25, 0.3) is 0 Å². The average molecular weight is 492 g/mol. The number of benzene rings is 1. The summed E-state index contributed by atoms with van der Waals surface area (Å²) < 4.78 is 6.02. The summed E-state index contributed by atoms with van der Waals surface area (Å²) in [7, 11) is 2.16. The van der Waals surface area contributed by atoms with Gasteiger partial charge in [-0.25, -0.2) is 4.98 Å². The molecule has 2 unspecified atom stereocenters. The first kappa shape index (κ1) is 24.8. The quantitative estimate of drug-likeness (QED) is 0.611. The number of likely N-dealkylation sites (N-methyl/N-ethyl adjacent to an activating group) is 1. The summed E-state index contributed by atoms with van der Waals surface area (Å²) >= 11 is 0. The zero-order valence-corrected chi connectivity index (χ0v) is 21.9. The molecule has 8 heteroatoms. The number of anilines is 2. The van der Waals surface area contributed by atoms with Crippen LogP contribution >= 0.6 is 0 Å². The largest absolute Gasteiger partial charge is 0.376 e. The number of hydrogen-bond acceptors (Lipinski definition) is 8. The summed E-state index contributed by atoms with van der Waals surface area (Å²) in [5, 5.41) is 3.72. The van der Waals surface area contributed by atoms with Gasteiger partial charge in [-0.2, -0.15) is 4.98 Å². The number of hydrogen-bond donors (Lipinski definition) is 2. The number of nitrogen functional groups attached to an aromatic ring is 1. The van der Waals surface area contributed by atoms with E-state index in [1.54, 1.807) is 0 Å². The topological polar surface area (TPSA) is 82.8 Å². The Kier molecular flexibility index (Phi) is 7.62. The molecule has 3 N–H and O–H groups in total. The zero-order valence-electron chi connectivity index (χ0n) is 21.9. The van der Waals surface area contributed by atoms with E-state index in [1.165, 1.54) is 24.0 Å². The first-order valence-corrected chi connectivity index (χ1v) is 13.5. The van der Waals surface area contributed by atoms with Gasteiger partial charge in [-0.1, -0.05) is 31.6 Å². The molecule has 0 spiro atoms. The van der Waals surface area contributed by atoms with Gasteiger partial charge in [-0.05, 0) is 50.4 Å². The van der Waals surface area contributed by atoms with Crippen molar-refractivity contribution in [2.24, 2.45) is 0 Å². The van der Waals surface area contributed by atoms with Crippen LogP contribution in [0.25, 0.3) is 11.3 Å². The molecule has 3 aliphatic rings. The van der Waals surface area contributed by atoms with E-state index in [0.717, 1.165) is 88.0 Å². The van der Waals surface area contributed by atoms with Gasteiger partial charge in [0.05, 0.1) is 23.7 Å². The standard InChI is InChI=1S/C28H41N7O/c1-4-36-26-8-6-5-7-24(26)30-20(2)35-12-11-21-9-10-22(17-23(21)19-35)25-18-27(32-28(29)31-25)34-15-13-33(3)14-16-34/h9-10,17-18,24,26,30H,2,4-8,11-16,19H2,1,3H3,(H2,29,31,32). The minimum absolute atomic E-state index is 0.280. The molecule has 3 heterocycles. The van der Waals surface area contributed by atoms with Gasteiger partial charge in [0, 0.05) is 57.5 Å². The fourth-order valence-electron chi connectivity index (χ4n) is 5.73. The van der Waals surface area contributed by atoms with Gasteiger partial charge in [-0.3, -0.25) is 0 Å². The molecule has 36 heavy (non-hydrogen) atoms. The van der Waals surface area contributed by atoms with Crippen molar-refractivity contribution in [1.29, 1.82) is 0 Å². The maximum absolute atomic E-state index is 6.15. The molecule has 8 nitrogen and oxygen atoms in total. The van der Waals surface area contributed by atoms with Gasteiger partial charge in [0.1, 0.15) is 5.82 Å². The van der Waals surface area contributed by atoms with Crippen molar-refractivity contribution in [3.8, 4) is 11.3 Å². The number of nitrogens with one attached hydrogen (secondary N) is 1. The molecule has 1 aromatic carbocycles. The van der Waals surface area contributed by atoms with E-state index < -0.39 is 0 Å². The van der Waals surface area contributed by atoms with Crippen molar-refractivity contribution < 1.29 is 4.74 Å². The molecule has 194 valence electrons. The van der Waals surface area contributed by atoms with Crippen LogP contribution in [0.15, 0.2) is 36.7 Å². The lowest BCUT2D eigenvalue weighted by Crippen LogP contribution is -2.47. The lowest BCUT2D eigenvalue weighted by atomic mass is 9.92. The van der Waals surface area contributed by atoms with Crippen LogP contribution in [-0.2, 0) is 17.7 Å². The van der Waals surface area contributed by atoms with Crippen LogP contribution in [0.4, 0.5) is 11.8 Å². The lowest BCUT2D eigenvalue weighted by Gasteiger charge is -2.38. The van der Waals surface area contributed by atoms with E-state index in [-0.39, 0.29) is 6.10 Å². The number of rotatable bonds is 7. The predicted octanol–water partition coefficient (Wildman–Crippen LogP) is 3.24. The van der Waals surface area contributed by atoms with Crippen LogP contribution in [0.2, 0.25) is 0 Å². The number of fused-ring (bicyclic) bond motifs is 1. The third-order valence-corrected chi connectivity index (χ3v) is 7.89. The highest BCUT2D eigenvalue weighted by Gasteiger charge is 2.27. The van der Waals surface area contributed by atoms with Gasteiger partial charge >= 0.3 is 0 Å². The van der Waals surface area contributed by atoms with Crippen LogP contribution in [0.5, 0.6) is 0 Å². The molecule has 2 aliphatic heterocycles. The monoisotopic (exact) mass is 491 g/mol. The van der Waals surface area contributed by atoms with Crippen LogP contribution in [0.1, 0.15) is 43.7 Å². The predicted molar refractivity (Wildman–Crippen MR) is 146 cm³/mol. The highest BCUT2D eigenvalue weighted by atomic mass is 16.5. The Balaban J connectivity index is 1.30. The van der Waals surface area contributed by atoms with E-state index in [4.69, 9.17) is 10.5 Å². The third kappa shape index (κ3) is 5.60. The van der Waals surface area contributed by atoms with Crippen molar-refractivity contribution >= 4 is 11.8 Å². The summed E-state index contributed by atoms with van der Waals surface area (Å²) in [6, 6.07) is 9.12. The third-order valence-electron chi connectivity index (χ3n) is 7.89. The minimum Gasteiger partial charge on any atom is -0.376 e.